The minimum atomic E-state index is -0.794. The zero-order valence-corrected chi connectivity index (χ0v) is 14.7. The Kier molecular flexibility index (Phi) is 6.35. The summed E-state index contributed by atoms with van der Waals surface area (Å²) in [4.78, 5) is 12.3. The number of nitrogens with one attached hydrogen (secondary N) is 1. The molecule has 0 fully saturated rings. The van der Waals surface area contributed by atoms with E-state index in [2.05, 4.69) is 29.4 Å². The van der Waals surface area contributed by atoms with Crippen molar-refractivity contribution in [2.24, 2.45) is 0 Å². The van der Waals surface area contributed by atoms with Crippen LogP contribution in [0.3, 0.4) is 0 Å². The second-order valence-corrected chi connectivity index (χ2v) is 7.78. The van der Waals surface area contributed by atoms with Gasteiger partial charge in [-0.3, -0.25) is 10.1 Å². The second-order valence-electron chi connectivity index (χ2n) is 4.97. The maximum absolute atomic E-state index is 13.6. The SMILES string of the molecule is CC[C@@H](Oc1ccccc1F)C(=O)Nc1nnc(SC(C)C)s1. The molecule has 2 aromatic rings. The predicted octanol–water partition coefficient (Wildman–Crippen LogP) is 3.97. The number of benzene rings is 1. The van der Waals surface area contributed by atoms with Gasteiger partial charge >= 0.3 is 0 Å². The maximum Gasteiger partial charge on any atom is 0.267 e. The highest BCUT2D eigenvalue weighted by atomic mass is 32.2. The van der Waals surface area contributed by atoms with Crippen molar-refractivity contribution in [3.8, 4) is 5.75 Å². The van der Waals surface area contributed by atoms with E-state index >= 15 is 0 Å². The molecule has 0 aliphatic carbocycles. The summed E-state index contributed by atoms with van der Waals surface area (Å²) >= 11 is 2.88. The van der Waals surface area contributed by atoms with Crippen LogP contribution >= 0.6 is 23.1 Å². The number of ether oxygens (including phenoxy) is 1. The number of anilines is 1. The highest BCUT2D eigenvalue weighted by molar-refractivity contribution is 8.01. The third-order valence-electron chi connectivity index (χ3n) is 2.74. The van der Waals surface area contributed by atoms with Crippen LogP contribution in [0.2, 0.25) is 0 Å². The molecule has 0 aliphatic rings. The first-order chi connectivity index (χ1) is 11.0. The number of para-hydroxylation sites is 1. The molecule has 124 valence electrons. The van der Waals surface area contributed by atoms with Crippen LogP contribution in [0.5, 0.6) is 5.75 Å². The van der Waals surface area contributed by atoms with Gasteiger partial charge in [-0.05, 0) is 18.6 Å². The Labute approximate surface area is 142 Å². The molecule has 1 aromatic heterocycles. The monoisotopic (exact) mass is 355 g/mol. The zero-order chi connectivity index (χ0) is 16.8. The summed E-state index contributed by atoms with van der Waals surface area (Å²) in [6.45, 7) is 5.91. The number of carbonyl (C=O) groups excluding carboxylic acids is 1. The first-order valence-electron chi connectivity index (χ1n) is 7.21. The highest BCUT2D eigenvalue weighted by Crippen LogP contribution is 2.28. The van der Waals surface area contributed by atoms with Crippen LogP contribution in [0.1, 0.15) is 27.2 Å². The van der Waals surface area contributed by atoms with E-state index in [9.17, 15) is 9.18 Å². The molecule has 2 rings (SSSR count). The lowest BCUT2D eigenvalue weighted by molar-refractivity contribution is -0.122. The fraction of sp³-hybridized carbons (Fsp3) is 0.400. The summed E-state index contributed by atoms with van der Waals surface area (Å²) in [6, 6.07) is 6.01. The molecule has 0 aliphatic heterocycles. The van der Waals surface area contributed by atoms with Gasteiger partial charge in [0.25, 0.3) is 5.91 Å². The van der Waals surface area contributed by atoms with Crippen LogP contribution in [0.25, 0.3) is 0 Å². The van der Waals surface area contributed by atoms with Crippen molar-refractivity contribution >= 4 is 34.1 Å². The molecule has 5 nitrogen and oxygen atoms in total. The molecule has 0 bridgehead atoms. The Morgan fingerprint density at radius 3 is 2.78 bits per heavy atom. The first kappa shape index (κ1) is 17.7. The van der Waals surface area contributed by atoms with Crippen LogP contribution in [-0.4, -0.2) is 27.5 Å². The van der Waals surface area contributed by atoms with Gasteiger partial charge in [-0.15, -0.1) is 10.2 Å². The molecule has 0 saturated heterocycles. The third-order valence-corrected chi connectivity index (χ3v) is 4.67. The summed E-state index contributed by atoms with van der Waals surface area (Å²) in [7, 11) is 0. The Morgan fingerprint density at radius 2 is 2.13 bits per heavy atom. The molecule has 1 amide bonds. The summed E-state index contributed by atoms with van der Waals surface area (Å²) in [5.41, 5.74) is 0. The Bertz CT molecular complexity index is 664. The van der Waals surface area contributed by atoms with Crippen LogP contribution in [0.15, 0.2) is 28.6 Å². The van der Waals surface area contributed by atoms with Crippen molar-refractivity contribution in [1.29, 1.82) is 0 Å². The molecule has 0 unspecified atom stereocenters. The summed E-state index contributed by atoms with van der Waals surface area (Å²) in [6.07, 6.45) is -0.385. The number of carbonyl (C=O) groups is 1. The van der Waals surface area contributed by atoms with Gasteiger partial charge in [0, 0.05) is 5.25 Å². The van der Waals surface area contributed by atoms with E-state index in [1.165, 1.54) is 23.5 Å². The van der Waals surface area contributed by atoms with Gasteiger partial charge in [-0.25, -0.2) is 4.39 Å². The van der Waals surface area contributed by atoms with E-state index in [4.69, 9.17) is 4.74 Å². The molecule has 0 saturated carbocycles. The van der Waals surface area contributed by atoms with Gasteiger partial charge in [0.2, 0.25) is 5.13 Å². The number of aromatic nitrogens is 2. The molecule has 0 spiro atoms. The summed E-state index contributed by atoms with van der Waals surface area (Å²) in [5, 5.41) is 11.4. The van der Waals surface area contributed by atoms with Gasteiger partial charge in [0.15, 0.2) is 22.0 Å². The lowest BCUT2D eigenvalue weighted by Crippen LogP contribution is -2.32. The lowest BCUT2D eigenvalue weighted by Gasteiger charge is -2.16. The highest BCUT2D eigenvalue weighted by Gasteiger charge is 2.21. The molecular formula is C15H18FN3O2S2. The molecule has 23 heavy (non-hydrogen) atoms. The topological polar surface area (TPSA) is 64.1 Å². The van der Waals surface area contributed by atoms with Crippen molar-refractivity contribution < 1.29 is 13.9 Å². The van der Waals surface area contributed by atoms with Gasteiger partial charge in [0.05, 0.1) is 0 Å². The van der Waals surface area contributed by atoms with Crippen molar-refractivity contribution in [2.45, 2.75) is 42.9 Å². The fourth-order valence-electron chi connectivity index (χ4n) is 1.71. The van der Waals surface area contributed by atoms with Gasteiger partial charge < -0.3 is 4.74 Å². The Morgan fingerprint density at radius 1 is 1.39 bits per heavy atom. The molecule has 1 aromatic carbocycles. The third kappa shape index (κ3) is 5.18. The Balaban J connectivity index is 2.00. The second kappa shape index (κ2) is 8.26. The minimum absolute atomic E-state index is 0.0582. The zero-order valence-electron chi connectivity index (χ0n) is 13.1. The number of rotatable bonds is 7. The number of hydrogen-bond acceptors (Lipinski definition) is 6. The molecule has 8 heteroatoms. The van der Waals surface area contributed by atoms with Crippen molar-refractivity contribution in [1.82, 2.24) is 10.2 Å². The summed E-state index contributed by atoms with van der Waals surface area (Å²) < 4.78 is 19.9. The molecule has 0 radical (unpaired) electrons. The minimum Gasteiger partial charge on any atom is -0.478 e. The van der Waals surface area contributed by atoms with Crippen molar-refractivity contribution in [2.75, 3.05) is 5.32 Å². The van der Waals surface area contributed by atoms with Gasteiger partial charge in [0.1, 0.15) is 0 Å². The fourth-order valence-corrected chi connectivity index (χ4v) is 3.69. The van der Waals surface area contributed by atoms with Crippen molar-refractivity contribution in [3.63, 3.8) is 0 Å². The number of thioether (sulfide) groups is 1. The lowest BCUT2D eigenvalue weighted by atomic mass is 10.2. The standard InChI is InChI=1S/C15H18FN3O2S2/c1-4-11(21-12-8-6-5-7-10(12)16)13(20)17-14-18-19-15(23-14)22-9(2)3/h5-9,11H,4H2,1-3H3,(H,17,18,20)/t11-/m1/s1. The van der Waals surface area contributed by atoms with E-state index < -0.39 is 11.9 Å². The number of nitrogens with zero attached hydrogens (tertiary/aromatic N) is 2. The van der Waals surface area contributed by atoms with E-state index in [1.807, 2.05) is 0 Å². The Hall–Kier alpha value is -1.67. The molecular weight excluding hydrogens is 337 g/mol. The molecule has 1 N–H and O–H groups in total. The molecule has 1 heterocycles. The normalized spacial score (nSPS) is 12.2. The average molecular weight is 355 g/mol. The smallest absolute Gasteiger partial charge is 0.267 e. The first-order valence-corrected chi connectivity index (χ1v) is 8.91. The van der Waals surface area contributed by atoms with Crippen LogP contribution in [0, 0.1) is 5.82 Å². The quantitative estimate of drug-likeness (QED) is 0.601. The number of amides is 1. The number of halogens is 1. The van der Waals surface area contributed by atoms with Crippen molar-refractivity contribution in [3.05, 3.63) is 30.1 Å². The van der Waals surface area contributed by atoms with Gasteiger partial charge in [-0.1, -0.05) is 56.0 Å². The predicted molar refractivity (Wildman–Crippen MR) is 90.6 cm³/mol. The summed E-state index contributed by atoms with van der Waals surface area (Å²) in [5.74, 6) is -0.805. The maximum atomic E-state index is 13.6. The van der Waals surface area contributed by atoms with Crippen LogP contribution in [-0.2, 0) is 4.79 Å². The molecule has 1 atom stereocenters. The van der Waals surface area contributed by atoms with E-state index in [1.54, 1.807) is 30.8 Å². The van der Waals surface area contributed by atoms with E-state index in [0.29, 0.717) is 16.8 Å². The largest absolute Gasteiger partial charge is 0.478 e. The van der Waals surface area contributed by atoms with Gasteiger partial charge in [-0.2, -0.15) is 0 Å². The van der Waals surface area contributed by atoms with E-state index in [0.717, 1.165) is 4.34 Å². The van der Waals surface area contributed by atoms with Crippen LogP contribution in [0.4, 0.5) is 9.52 Å². The number of hydrogen-bond donors (Lipinski definition) is 1. The van der Waals surface area contributed by atoms with Crippen LogP contribution < -0.4 is 10.1 Å². The van der Waals surface area contributed by atoms with E-state index in [-0.39, 0.29) is 11.7 Å². The average Bonchev–Trinajstić information content (AvgIpc) is 2.92.